The maximum Gasteiger partial charge on any atom is 0.433 e. The van der Waals surface area contributed by atoms with Gasteiger partial charge in [0.1, 0.15) is 5.69 Å². The van der Waals surface area contributed by atoms with E-state index in [9.17, 15) is 13.2 Å². The van der Waals surface area contributed by atoms with Crippen molar-refractivity contribution in [3.8, 4) is 0 Å². The minimum atomic E-state index is -4.37. The summed E-state index contributed by atoms with van der Waals surface area (Å²) in [5.41, 5.74) is 0.0295. The third-order valence-electron chi connectivity index (χ3n) is 4.11. The standard InChI is InChI=1S/C14H16F3NO2/c15-14(16,17)12-2-1-11(9-18-12)10-3-5-13(6-4-10)19-7-8-20-13/h1-2,9-10H,3-8H2. The molecule has 1 saturated heterocycles. The highest BCUT2D eigenvalue weighted by atomic mass is 19.4. The number of ether oxygens (including phenoxy) is 2. The summed E-state index contributed by atoms with van der Waals surface area (Å²) in [4.78, 5) is 3.53. The van der Waals surface area contributed by atoms with E-state index in [0.717, 1.165) is 37.3 Å². The number of hydrogen-bond donors (Lipinski definition) is 0. The van der Waals surface area contributed by atoms with Gasteiger partial charge in [-0.15, -0.1) is 0 Å². The molecular weight excluding hydrogens is 271 g/mol. The summed E-state index contributed by atoms with van der Waals surface area (Å²) in [6.07, 6.45) is 0.264. The van der Waals surface area contributed by atoms with Gasteiger partial charge in [0.05, 0.1) is 13.2 Å². The quantitative estimate of drug-likeness (QED) is 0.792. The van der Waals surface area contributed by atoms with E-state index < -0.39 is 17.7 Å². The van der Waals surface area contributed by atoms with Crippen LogP contribution in [0.5, 0.6) is 0 Å². The van der Waals surface area contributed by atoms with Crippen LogP contribution in [0.25, 0.3) is 0 Å². The van der Waals surface area contributed by atoms with Crippen LogP contribution in [0.4, 0.5) is 13.2 Å². The number of rotatable bonds is 1. The molecular formula is C14H16F3NO2. The van der Waals surface area contributed by atoms with Crippen molar-refractivity contribution in [1.29, 1.82) is 0 Å². The fourth-order valence-corrected chi connectivity index (χ4v) is 2.99. The van der Waals surface area contributed by atoms with Crippen molar-refractivity contribution in [2.24, 2.45) is 0 Å². The molecule has 0 unspecified atom stereocenters. The summed E-state index contributed by atoms with van der Waals surface area (Å²) in [5.74, 6) is -0.196. The lowest BCUT2D eigenvalue weighted by molar-refractivity contribution is -0.178. The molecule has 0 amide bonds. The van der Waals surface area contributed by atoms with Gasteiger partial charge in [-0.05, 0) is 30.4 Å². The van der Waals surface area contributed by atoms with E-state index in [1.54, 1.807) is 0 Å². The van der Waals surface area contributed by atoms with E-state index in [4.69, 9.17) is 9.47 Å². The lowest BCUT2D eigenvalue weighted by Gasteiger charge is -2.35. The highest BCUT2D eigenvalue weighted by Gasteiger charge is 2.40. The number of hydrogen-bond acceptors (Lipinski definition) is 3. The molecule has 1 aliphatic carbocycles. The first kappa shape index (κ1) is 13.8. The zero-order valence-electron chi connectivity index (χ0n) is 10.9. The smallest absolute Gasteiger partial charge is 0.348 e. The van der Waals surface area contributed by atoms with Crippen molar-refractivity contribution < 1.29 is 22.6 Å². The third-order valence-corrected chi connectivity index (χ3v) is 4.11. The van der Waals surface area contributed by atoms with E-state index in [2.05, 4.69) is 4.98 Å². The van der Waals surface area contributed by atoms with E-state index in [1.807, 2.05) is 0 Å². The average molecular weight is 287 g/mol. The number of alkyl halides is 3. The number of aromatic nitrogens is 1. The summed E-state index contributed by atoms with van der Waals surface area (Å²) in [6.45, 7) is 1.26. The van der Waals surface area contributed by atoms with Crippen molar-refractivity contribution in [3.63, 3.8) is 0 Å². The molecule has 0 bridgehead atoms. The van der Waals surface area contributed by atoms with E-state index in [-0.39, 0.29) is 5.92 Å². The first-order chi connectivity index (χ1) is 9.49. The molecule has 3 rings (SSSR count). The summed E-state index contributed by atoms with van der Waals surface area (Å²) >= 11 is 0. The van der Waals surface area contributed by atoms with Gasteiger partial charge in [-0.1, -0.05) is 6.07 Å². The molecule has 0 atom stereocenters. The Hall–Kier alpha value is -1.14. The van der Waals surface area contributed by atoms with Crippen LogP contribution < -0.4 is 0 Å². The maximum atomic E-state index is 12.5. The first-order valence-corrected chi connectivity index (χ1v) is 6.80. The van der Waals surface area contributed by atoms with Crippen LogP contribution in [-0.4, -0.2) is 24.0 Å². The number of nitrogens with zero attached hydrogens (tertiary/aromatic N) is 1. The van der Waals surface area contributed by atoms with Gasteiger partial charge in [0.15, 0.2) is 5.79 Å². The maximum absolute atomic E-state index is 12.5. The largest absolute Gasteiger partial charge is 0.433 e. The molecule has 0 aromatic carbocycles. The second-order valence-electron chi connectivity index (χ2n) is 5.36. The van der Waals surface area contributed by atoms with Gasteiger partial charge >= 0.3 is 6.18 Å². The predicted molar refractivity (Wildman–Crippen MR) is 65.1 cm³/mol. The fraction of sp³-hybridized carbons (Fsp3) is 0.643. The molecule has 20 heavy (non-hydrogen) atoms. The van der Waals surface area contributed by atoms with Gasteiger partial charge in [-0.3, -0.25) is 4.98 Å². The van der Waals surface area contributed by atoms with Gasteiger partial charge < -0.3 is 9.47 Å². The van der Waals surface area contributed by atoms with Gasteiger partial charge in [-0.25, -0.2) is 0 Å². The Labute approximate surface area is 115 Å². The summed E-state index contributed by atoms with van der Waals surface area (Å²) in [7, 11) is 0. The van der Waals surface area contributed by atoms with Crippen LogP contribution in [0, 0.1) is 0 Å². The van der Waals surface area contributed by atoms with Crippen molar-refractivity contribution >= 4 is 0 Å². The second-order valence-corrected chi connectivity index (χ2v) is 5.36. The lowest BCUT2D eigenvalue weighted by Crippen LogP contribution is -2.34. The van der Waals surface area contributed by atoms with Crippen LogP contribution in [0.1, 0.15) is 42.9 Å². The first-order valence-electron chi connectivity index (χ1n) is 6.80. The van der Waals surface area contributed by atoms with Crippen molar-refractivity contribution in [2.45, 2.75) is 43.6 Å². The molecule has 0 N–H and O–H groups in total. The van der Waals surface area contributed by atoms with Crippen LogP contribution >= 0.6 is 0 Å². The number of pyridine rings is 1. The molecule has 1 spiro atoms. The Bertz CT molecular complexity index is 456. The van der Waals surface area contributed by atoms with Crippen molar-refractivity contribution in [2.75, 3.05) is 13.2 Å². The zero-order valence-corrected chi connectivity index (χ0v) is 10.9. The van der Waals surface area contributed by atoms with Crippen LogP contribution in [0.2, 0.25) is 0 Å². The topological polar surface area (TPSA) is 31.4 Å². The van der Waals surface area contributed by atoms with Gasteiger partial charge in [0.25, 0.3) is 0 Å². The molecule has 1 aromatic heterocycles. The molecule has 1 aliphatic heterocycles. The molecule has 110 valence electrons. The van der Waals surface area contributed by atoms with Gasteiger partial charge in [0.2, 0.25) is 0 Å². The van der Waals surface area contributed by atoms with E-state index in [1.165, 1.54) is 12.3 Å². The van der Waals surface area contributed by atoms with Gasteiger partial charge in [-0.2, -0.15) is 13.2 Å². The molecule has 1 aromatic rings. The van der Waals surface area contributed by atoms with E-state index in [0.29, 0.717) is 13.2 Å². The summed E-state index contributed by atoms with van der Waals surface area (Å²) in [6, 6.07) is 2.59. The Morgan fingerprint density at radius 1 is 1.10 bits per heavy atom. The third kappa shape index (κ3) is 2.67. The molecule has 2 aliphatic rings. The second kappa shape index (κ2) is 5.00. The van der Waals surface area contributed by atoms with Crippen LogP contribution in [0.3, 0.4) is 0 Å². The van der Waals surface area contributed by atoms with Crippen LogP contribution in [-0.2, 0) is 15.7 Å². The van der Waals surface area contributed by atoms with Crippen molar-refractivity contribution in [3.05, 3.63) is 29.6 Å². The van der Waals surface area contributed by atoms with E-state index >= 15 is 0 Å². The van der Waals surface area contributed by atoms with Crippen molar-refractivity contribution in [1.82, 2.24) is 4.98 Å². The SMILES string of the molecule is FC(F)(F)c1ccc(C2CCC3(CC2)OCCO3)cn1. The minimum Gasteiger partial charge on any atom is -0.348 e. The molecule has 2 heterocycles. The Morgan fingerprint density at radius 2 is 1.75 bits per heavy atom. The molecule has 3 nitrogen and oxygen atoms in total. The van der Waals surface area contributed by atoms with Gasteiger partial charge in [0, 0.05) is 19.0 Å². The normalized spacial score (nSPS) is 23.4. The monoisotopic (exact) mass is 287 g/mol. The fourth-order valence-electron chi connectivity index (χ4n) is 2.99. The minimum absolute atomic E-state index is 0.239. The Morgan fingerprint density at radius 3 is 2.25 bits per heavy atom. The zero-order chi connectivity index (χ0) is 14.2. The Balaban J connectivity index is 1.66. The molecule has 0 radical (unpaired) electrons. The Kier molecular flexibility index (Phi) is 3.46. The van der Waals surface area contributed by atoms with Crippen LogP contribution in [0.15, 0.2) is 18.3 Å². The molecule has 1 saturated carbocycles. The highest BCUT2D eigenvalue weighted by molar-refractivity contribution is 5.20. The predicted octanol–water partition coefficient (Wildman–Crippen LogP) is 3.50. The highest BCUT2D eigenvalue weighted by Crippen LogP contribution is 2.42. The molecule has 2 fully saturated rings. The summed E-state index contributed by atoms with van der Waals surface area (Å²) in [5, 5.41) is 0. The summed E-state index contributed by atoms with van der Waals surface area (Å²) < 4.78 is 48.7. The lowest BCUT2D eigenvalue weighted by atomic mass is 9.81. The molecule has 6 heteroatoms. The number of halogens is 3. The average Bonchev–Trinajstić information content (AvgIpc) is 2.87.